The molecule has 2 atom stereocenters. The summed E-state index contributed by atoms with van der Waals surface area (Å²) in [5.41, 5.74) is 5.55. The average molecular weight is 128 g/mol. The van der Waals surface area contributed by atoms with Crippen LogP contribution in [0, 0.1) is 0 Å². The minimum absolute atomic E-state index is 0.0939. The van der Waals surface area contributed by atoms with Gasteiger partial charge in [0.1, 0.15) is 0 Å². The first kappa shape index (κ1) is 6.55. The fourth-order valence-electron chi connectivity index (χ4n) is 1.03. The van der Waals surface area contributed by atoms with Gasteiger partial charge >= 0.3 is 0 Å². The van der Waals surface area contributed by atoms with Crippen molar-refractivity contribution in [3.05, 3.63) is 0 Å². The number of carbonyl (C=O) groups is 1. The van der Waals surface area contributed by atoms with Gasteiger partial charge in [0.05, 0.1) is 0 Å². The Hall–Kier alpha value is -0.570. The lowest BCUT2D eigenvalue weighted by molar-refractivity contribution is -0.119. The van der Waals surface area contributed by atoms with Crippen molar-refractivity contribution < 1.29 is 4.79 Å². The first-order chi connectivity index (χ1) is 4.20. The molecule has 1 rings (SSSR count). The van der Waals surface area contributed by atoms with Gasteiger partial charge in [-0.05, 0) is 13.3 Å². The van der Waals surface area contributed by atoms with Crippen LogP contribution in [0.3, 0.4) is 0 Å². The van der Waals surface area contributed by atoms with Gasteiger partial charge in [0.2, 0.25) is 5.91 Å². The van der Waals surface area contributed by atoms with Crippen molar-refractivity contribution in [2.45, 2.75) is 31.8 Å². The molecule has 1 heterocycles. The minimum atomic E-state index is 0.0939. The van der Waals surface area contributed by atoms with Crippen molar-refractivity contribution >= 4 is 5.91 Å². The molecule has 3 nitrogen and oxygen atoms in total. The lowest BCUT2D eigenvalue weighted by atomic mass is 10.1. The first-order valence-corrected chi connectivity index (χ1v) is 3.25. The van der Waals surface area contributed by atoms with Gasteiger partial charge in [-0.15, -0.1) is 0 Å². The number of hydrogen-bond acceptors (Lipinski definition) is 2. The van der Waals surface area contributed by atoms with Crippen LogP contribution in [0.2, 0.25) is 0 Å². The van der Waals surface area contributed by atoms with Crippen LogP contribution in [0.1, 0.15) is 19.8 Å². The van der Waals surface area contributed by atoms with E-state index in [2.05, 4.69) is 5.32 Å². The molecule has 1 aliphatic rings. The predicted molar refractivity (Wildman–Crippen MR) is 34.8 cm³/mol. The van der Waals surface area contributed by atoms with Crippen LogP contribution in [-0.4, -0.2) is 18.0 Å². The van der Waals surface area contributed by atoms with E-state index < -0.39 is 0 Å². The first-order valence-electron chi connectivity index (χ1n) is 3.25. The summed E-state index contributed by atoms with van der Waals surface area (Å²) in [5, 5.41) is 2.79. The predicted octanol–water partition coefficient (Wildman–Crippen LogP) is -0.388. The van der Waals surface area contributed by atoms with Crippen LogP contribution in [0.4, 0.5) is 0 Å². The van der Waals surface area contributed by atoms with E-state index in [1.54, 1.807) is 0 Å². The zero-order valence-corrected chi connectivity index (χ0v) is 5.55. The molecule has 1 fully saturated rings. The van der Waals surface area contributed by atoms with E-state index in [1.165, 1.54) is 0 Å². The second-order valence-corrected chi connectivity index (χ2v) is 2.57. The summed E-state index contributed by atoms with van der Waals surface area (Å²) in [6.07, 6.45) is 1.54. The highest BCUT2D eigenvalue weighted by Gasteiger charge is 2.22. The van der Waals surface area contributed by atoms with Crippen LogP contribution >= 0.6 is 0 Å². The fraction of sp³-hybridized carbons (Fsp3) is 0.833. The summed E-state index contributed by atoms with van der Waals surface area (Å²) in [4.78, 5) is 10.6. The minimum Gasteiger partial charge on any atom is -0.352 e. The van der Waals surface area contributed by atoms with Crippen LogP contribution < -0.4 is 11.1 Å². The van der Waals surface area contributed by atoms with Crippen molar-refractivity contribution in [3.8, 4) is 0 Å². The molecular formula is C6H12N2O. The lowest BCUT2D eigenvalue weighted by Crippen LogP contribution is -2.40. The van der Waals surface area contributed by atoms with E-state index in [0.717, 1.165) is 6.42 Å². The Morgan fingerprint density at radius 1 is 1.89 bits per heavy atom. The number of hydrogen-bond donors (Lipinski definition) is 2. The van der Waals surface area contributed by atoms with E-state index in [9.17, 15) is 4.79 Å². The number of carbonyl (C=O) groups excluding carboxylic acids is 1. The Morgan fingerprint density at radius 3 is 2.78 bits per heavy atom. The summed E-state index contributed by atoms with van der Waals surface area (Å²) >= 11 is 0. The summed E-state index contributed by atoms with van der Waals surface area (Å²) in [6.45, 7) is 1.91. The Balaban J connectivity index is 2.39. The van der Waals surface area contributed by atoms with Gasteiger partial charge in [-0.3, -0.25) is 4.79 Å². The summed E-state index contributed by atoms with van der Waals surface area (Å²) in [7, 11) is 0. The van der Waals surface area contributed by atoms with Crippen LogP contribution in [0.25, 0.3) is 0 Å². The summed E-state index contributed by atoms with van der Waals surface area (Å²) in [5.74, 6) is 0.136. The van der Waals surface area contributed by atoms with E-state index in [4.69, 9.17) is 5.73 Å². The van der Waals surface area contributed by atoms with Gasteiger partial charge in [-0.25, -0.2) is 0 Å². The maximum Gasteiger partial charge on any atom is 0.220 e. The molecule has 3 N–H and O–H groups in total. The number of nitrogens with two attached hydrogens (primary N) is 1. The van der Waals surface area contributed by atoms with Gasteiger partial charge < -0.3 is 11.1 Å². The lowest BCUT2D eigenvalue weighted by Gasteiger charge is -2.12. The standard InChI is InChI=1S/C6H12N2O/c1-4(7)5-2-3-6(9)8-5/h4-5H,2-3,7H2,1H3,(H,8,9). The third kappa shape index (κ3) is 1.42. The Kier molecular flexibility index (Phi) is 1.71. The summed E-state index contributed by atoms with van der Waals surface area (Å²) in [6, 6.07) is 0.314. The van der Waals surface area contributed by atoms with Gasteiger partial charge in [0, 0.05) is 18.5 Å². The van der Waals surface area contributed by atoms with Crippen LogP contribution in [0.15, 0.2) is 0 Å². The van der Waals surface area contributed by atoms with Crippen LogP contribution in [-0.2, 0) is 4.79 Å². The van der Waals surface area contributed by atoms with Crippen LogP contribution in [0.5, 0.6) is 0 Å². The molecule has 9 heavy (non-hydrogen) atoms. The van der Waals surface area contributed by atoms with Gasteiger partial charge in [-0.2, -0.15) is 0 Å². The molecule has 0 aromatic heterocycles. The van der Waals surface area contributed by atoms with Crippen molar-refractivity contribution in [1.82, 2.24) is 5.32 Å². The van der Waals surface area contributed by atoms with Gasteiger partial charge in [0.15, 0.2) is 0 Å². The highest BCUT2D eigenvalue weighted by atomic mass is 16.1. The van der Waals surface area contributed by atoms with E-state index >= 15 is 0 Å². The molecule has 2 unspecified atom stereocenters. The van der Waals surface area contributed by atoms with Crippen molar-refractivity contribution in [2.24, 2.45) is 5.73 Å². The quantitative estimate of drug-likeness (QED) is 0.505. The maximum atomic E-state index is 10.6. The number of rotatable bonds is 1. The van der Waals surface area contributed by atoms with Gasteiger partial charge in [-0.1, -0.05) is 0 Å². The van der Waals surface area contributed by atoms with E-state index in [-0.39, 0.29) is 18.0 Å². The SMILES string of the molecule is CC(N)C1CCC(=O)N1. The zero-order valence-electron chi connectivity index (χ0n) is 5.55. The molecule has 3 heteroatoms. The second kappa shape index (κ2) is 2.35. The van der Waals surface area contributed by atoms with Crippen molar-refractivity contribution in [1.29, 1.82) is 0 Å². The fourth-order valence-corrected chi connectivity index (χ4v) is 1.03. The third-order valence-corrected chi connectivity index (χ3v) is 1.66. The molecule has 1 aliphatic heterocycles. The molecule has 0 aromatic carbocycles. The molecule has 0 aliphatic carbocycles. The molecule has 1 saturated heterocycles. The maximum absolute atomic E-state index is 10.6. The molecule has 0 saturated carbocycles. The average Bonchev–Trinajstić information content (AvgIpc) is 2.14. The Labute approximate surface area is 54.6 Å². The molecule has 0 spiro atoms. The van der Waals surface area contributed by atoms with Gasteiger partial charge in [0.25, 0.3) is 0 Å². The largest absolute Gasteiger partial charge is 0.352 e. The topological polar surface area (TPSA) is 55.1 Å². The molecule has 0 radical (unpaired) electrons. The molecule has 1 amide bonds. The van der Waals surface area contributed by atoms with Crippen molar-refractivity contribution in [2.75, 3.05) is 0 Å². The molecule has 0 aromatic rings. The molecule has 52 valence electrons. The van der Waals surface area contributed by atoms with E-state index in [0.29, 0.717) is 6.42 Å². The summed E-state index contributed by atoms with van der Waals surface area (Å²) < 4.78 is 0. The highest BCUT2D eigenvalue weighted by molar-refractivity contribution is 5.78. The smallest absolute Gasteiger partial charge is 0.220 e. The Bertz CT molecular complexity index is 122. The number of nitrogens with one attached hydrogen (secondary N) is 1. The molecular weight excluding hydrogens is 116 g/mol. The Morgan fingerprint density at radius 2 is 2.56 bits per heavy atom. The molecule has 0 bridgehead atoms. The van der Waals surface area contributed by atoms with E-state index in [1.807, 2.05) is 6.92 Å². The third-order valence-electron chi connectivity index (χ3n) is 1.66. The highest BCUT2D eigenvalue weighted by Crippen LogP contribution is 2.07. The van der Waals surface area contributed by atoms with Crippen molar-refractivity contribution in [3.63, 3.8) is 0 Å². The number of amides is 1. The zero-order chi connectivity index (χ0) is 6.85. The second-order valence-electron chi connectivity index (χ2n) is 2.57. The monoisotopic (exact) mass is 128 g/mol. The normalized spacial score (nSPS) is 30.0.